The van der Waals surface area contributed by atoms with Crippen molar-refractivity contribution in [2.24, 2.45) is 5.10 Å². The standard InChI is InChI=1S/C16H12N4O5/c1-9-6-10(14(21)13(7-9)20(24)25)8-17-19-15(22)11-4-2-3-5-12(11)18-16(19)23/h2-8,21H,1H3,(H,18,23). The van der Waals surface area contributed by atoms with Crippen molar-refractivity contribution >= 4 is 22.8 Å². The van der Waals surface area contributed by atoms with Gasteiger partial charge >= 0.3 is 11.4 Å². The van der Waals surface area contributed by atoms with Gasteiger partial charge in [0, 0.05) is 11.6 Å². The number of aromatic nitrogens is 2. The van der Waals surface area contributed by atoms with Gasteiger partial charge in [0.05, 0.1) is 22.0 Å². The first-order valence-corrected chi connectivity index (χ1v) is 7.15. The number of hydrogen-bond acceptors (Lipinski definition) is 6. The number of aromatic amines is 1. The van der Waals surface area contributed by atoms with Crippen LogP contribution in [-0.4, -0.2) is 25.9 Å². The zero-order valence-electron chi connectivity index (χ0n) is 13.0. The molecule has 0 saturated heterocycles. The Bertz CT molecular complexity index is 1140. The average Bonchev–Trinajstić information content (AvgIpc) is 2.57. The van der Waals surface area contributed by atoms with Crippen LogP contribution in [0.2, 0.25) is 0 Å². The molecule has 0 aliphatic rings. The first kappa shape index (κ1) is 16.1. The van der Waals surface area contributed by atoms with Crippen molar-refractivity contribution in [3.05, 3.63) is 78.5 Å². The van der Waals surface area contributed by atoms with Crippen molar-refractivity contribution in [1.29, 1.82) is 0 Å². The van der Waals surface area contributed by atoms with Crippen molar-refractivity contribution < 1.29 is 10.0 Å². The molecule has 0 saturated carbocycles. The van der Waals surface area contributed by atoms with Gasteiger partial charge in [0.2, 0.25) is 5.75 Å². The number of hydrogen-bond donors (Lipinski definition) is 2. The summed E-state index contributed by atoms with van der Waals surface area (Å²) in [6.45, 7) is 1.61. The second kappa shape index (κ2) is 6.04. The number of aryl methyl sites for hydroxylation is 1. The van der Waals surface area contributed by atoms with E-state index in [9.17, 15) is 24.8 Å². The number of nitro groups is 1. The minimum Gasteiger partial charge on any atom is -0.502 e. The molecule has 0 amide bonds. The van der Waals surface area contributed by atoms with E-state index < -0.39 is 27.6 Å². The third-order valence-corrected chi connectivity index (χ3v) is 3.56. The fourth-order valence-electron chi connectivity index (χ4n) is 2.40. The molecule has 9 nitrogen and oxygen atoms in total. The van der Waals surface area contributed by atoms with Crippen LogP contribution in [-0.2, 0) is 0 Å². The average molecular weight is 340 g/mol. The Kier molecular flexibility index (Phi) is 3.89. The molecule has 0 radical (unpaired) electrons. The first-order chi connectivity index (χ1) is 11.9. The van der Waals surface area contributed by atoms with Crippen LogP contribution in [0.15, 0.2) is 51.1 Å². The van der Waals surface area contributed by atoms with Gasteiger partial charge in [0.15, 0.2) is 0 Å². The van der Waals surface area contributed by atoms with Gasteiger partial charge in [-0.3, -0.25) is 14.9 Å². The van der Waals surface area contributed by atoms with Gasteiger partial charge in [0.1, 0.15) is 0 Å². The lowest BCUT2D eigenvalue weighted by Crippen LogP contribution is -2.32. The van der Waals surface area contributed by atoms with Gasteiger partial charge in [-0.15, -0.1) is 4.68 Å². The summed E-state index contributed by atoms with van der Waals surface area (Å²) in [5, 5.41) is 25.0. The molecule has 3 rings (SSSR count). The van der Waals surface area contributed by atoms with Crippen molar-refractivity contribution in [1.82, 2.24) is 9.66 Å². The molecule has 2 N–H and O–H groups in total. The number of para-hydroxylation sites is 1. The Hall–Kier alpha value is -3.75. The third-order valence-electron chi connectivity index (χ3n) is 3.56. The van der Waals surface area contributed by atoms with Gasteiger partial charge in [-0.05, 0) is 30.7 Å². The number of benzene rings is 2. The van der Waals surface area contributed by atoms with Crippen LogP contribution in [0.1, 0.15) is 11.1 Å². The second-order valence-corrected chi connectivity index (χ2v) is 5.32. The molecular formula is C16H12N4O5. The predicted octanol–water partition coefficient (Wildman–Crippen LogP) is 1.49. The van der Waals surface area contributed by atoms with Crippen LogP contribution >= 0.6 is 0 Å². The largest absolute Gasteiger partial charge is 0.502 e. The highest BCUT2D eigenvalue weighted by Crippen LogP contribution is 2.29. The molecule has 0 unspecified atom stereocenters. The molecule has 0 bridgehead atoms. The predicted molar refractivity (Wildman–Crippen MR) is 91.3 cm³/mol. The lowest BCUT2D eigenvalue weighted by Gasteiger charge is -2.03. The van der Waals surface area contributed by atoms with E-state index in [1.807, 2.05) is 0 Å². The SMILES string of the molecule is Cc1cc(C=Nn2c(=O)[nH]c3ccccc3c2=O)c(O)c([N+](=O)[O-])c1. The highest BCUT2D eigenvalue weighted by atomic mass is 16.6. The summed E-state index contributed by atoms with van der Waals surface area (Å²) in [4.78, 5) is 37.1. The zero-order valence-corrected chi connectivity index (χ0v) is 13.0. The number of nitrogens with zero attached hydrogens (tertiary/aromatic N) is 3. The fourth-order valence-corrected chi connectivity index (χ4v) is 2.40. The maximum absolute atomic E-state index is 12.4. The van der Waals surface area contributed by atoms with E-state index in [1.165, 1.54) is 18.2 Å². The maximum atomic E-state index is 12.4. The van der Waals surface area contributed by atoms with E-state index in [0.29, 0.717) is 15.8 Å². The van der Waals surface area contributed by atoms with Crippen LogP contribution in [0.4, 0.5) is 5.69 Å². The molecular weight excluding hydrogens is 328 g/mol. The topological polar surface area (TPSA) is 131 Å². The normalized spacial score (nSPS) is 11.2. The molecule has 25 heavy (non-hydrogen) atoms. The number of phenolic OH excluding ortho intramolecular Hbond substituents is 1. The molecule has 1 aromatic heterocycles. The Labute approximate surface area is 139 Å². The number of phenols is 1. The number of nitrogens with one attached hydrogen (secondary N) is 1. The van der Waals surface area contributed by atoms with Crippen molar-refractivity contribution in [2.75, 3.05) is 0 Å². The van der Waals surface area contributed by atoms with Gasteiger partial charge in [0.25, 0.3) is 5.56 Å². The third kappa shape index (κ3) is 2.90. The Balaban J connectivity index is 2.16. The van der Waals surface area contributed by atoms with Crippen LogP contribution in [0.5, 0.6) is 5.75 Å². The number of fused-ring (bicyclic) bond motifs is 1. The van der Waals surface area contributed by atoms with Crippen molar-refractivity contribution in [3.8, 4) is 5.75 Å². The van der Waals surface area contributed by atoms with Crippen LogP contribution in [0, 0.1) is 17.0 Å². The summed E-state index contributed by atoms with van der Waals surface area (Å²) < 4.78 is 0.593. The summed E-state index contributed by atoms with van der Waals surface area (Å²) in [6, 6.07) is 9.10. The summed E-state index contributed by atoms with van der Waals surface area (Å²) >= 11 is 0. The van der Waals surface area contributed by atoms with E-state index in [-0.39, 0.29) is 10.9 Å². The molecule has 2 aromatic carbocycles. The zero-order chi connectivity index (χ0) is 18.1. The van der Waals surface area contributed by atoms with E-state index in [1.54, 1.807) is 25.1 Å². The van der Waals surface area contributed by atoms with Gasteiger partial charge in [-0.25, -0.2) is 4.79 Å². The fraction of sp³-hybridized carbons (Fsp3) is 0.0625. The Morgan fingerprint density at radius 2 is 2.00 bits per heavy atom. The van der Waals surface area contributed by atoms with E-state index >= 15 is 0 Å². The van der Waals surface area contributed by atoms with E-state index in [2.05, 4.69) is 10.1 Å². The maximum Gasteiger partial charge on any atom is 0.349 e. The quantitative estimate of drug-likeness (QED) is 0.424. The summed E-state index contributed by atoms with van der Waals surface area (Å²) in [6.07, 6.45) is 1.03. The molecule has 1 heterocycles. The summed E-state index contributed by atoms with van der Waals surface area (Å²) in [5.41, 5.74) is -0.977. The van der Waals surface area contributed by atoms with Crippen molar-refractivity contribution in [3.63, 3.8) is 0 Å². The molecule has 0 aliphatic carbocycles. The molecule has 0 atom stereocenters. The van der Waals surface area contributed by atoms with Crippen LogP contribution in [0.25, 0.3) is 10.9 Å². The monoisotopic (exact) mass is 340 g/mol. The Morgan fingerprint density at radius 3 is 2.72 bits per heavy atom. The minimum atomic E-state index is -0.762. The van der Waals surface area contributed by atoms with Gasteiger partial charge in [-0.2, -0.15) is 5.10 Å². The molecule has 0 spiro atoms. The highest BCUT2D eigenvalue weighted by molar-refractivity contribution is 5.86. The van der Waals surface area contributed by atoms with Crippen molar-refractivity contribution in [2.45, 2.75) is 6.92 Å². The molecule has 3 aromatic rings. The minimum absolute atomic E-state index is 0.0196. The van der Waals surface area contributed by atoms with Gasteiger partial charge in [-0.1, -0.05) is 12.1 Å². The van der Waals surface area contributed by atoms with Crippen LogP contribution < -0.4 is 11.2 Å². The number of H-pyrrole nitrogens is 1. The number of rotatable bonds is 3. The van der Waals surface area contributed by atoms with Crippen LogP contribution in [0.3, 0.4) is 0 Å². The highest BCUT2D eigenvalue weighted by Gasteiger charge is 2.17. The molecule has 0 fully saturated rings. The van der Waals surface area contributed by atoms with Gasteiger partial charge < -0.3 is 10.1 Å². The summed E-state index contributed by atoms with van der Waals surface area (Å²) in [5.74, 6) is -0.593. The first-order valence-electron chi connectivity index (χ1n) is 7.15. The molecule has 126 valence electrons. The van der Waals surface area contributed by atoms with E-state index in [0.717, 1.165) is 6.21 Å². The smallest absolute Gasteiger partial charge is 0.349 e. The summed E-state index contributed by atoms with van der Waals surface area (Å²) in [7, 11) is 0. The number of aromatic hydroxyl groups is 1. The number of nitro benzene ring substituents is 1. The molecule has 0 aliphatic heterocycles. The Morgan fingerprint density at radius 1 is 1.28 bits per heavy atom. The second-order valence-electron chi connectivity index (χ2n) is 5.32. The lowest BCUT2D eigenvalue weighted by molar-refractivity contribution is -0.385. The molecule has 9 heteroatoms. The lowest BCUT2D eigenvalue weighted by atomic mass is 10.1. The van der Waals surface area contributed by atoms with E-state index in [4.69, 9.17) is 0 Å².